The zero-order chi connectivity index (χ0) is 11.1. The second-order valence-corrected chi connectivity index (χ2v) is 3.82. The van der Waals surface area contributed by atoms with Crippen LogP contribution in [-0.2, 0) is 4.79 Å². The van der Waals surface area contributed by atoms with E-state index in [0.717, 1.165) is 12.8 Å². The van der Waals surface area contributed by atoms with Crippen molar-refractivity contribution < 1.29 is 9.53 Å². The van der Waals surface area contributed by atoms with Crippen LogP contribution in [0.4, 0.5) is 0 Å². The molecule has 1 aromatic carbocycles. The summed E-state index contributed by atoms with van der Waals surface area (Å²) >= 11 is 5.72. The fraction of sp³-hybridized carbons (Fsp3) is 0.417. The largest absolute Gasteiger partial charge is 0.486 e. The van der Waals surface area contributed by atoms with Crippen molar-refractivity contribution in [3.05, 3.63) is 29.3 Å². The highest BCUT2D eigenvalue weighted by Gasteiger charge is 2.02. The molecule has 1 rings (SSSR count). The maximum absolute atomic E-state index is 11.3. The Labute approximate surface area is 95.2 Å². The van der Waals surface area contributed by atoms with Crippen LogP contribution in [0.5, 0.6) is 5.75 Å². The van der Waals surface area contributed by atoms with Crippen LogP contribution in [0.3, 0.4) is 0 Å². The van der Waals surface area contributed by atoms with Gasteiger partial charge in [0.2, 0.25) is 0 Å². The number of carbonyl (C=O) groups excluding carboxylic acids is 1. The molecule has 0 atom stereocenters. The molecule has 15 heavy (non-hydrogen) atoms. The molecule has 0 aromatic heterocycles. The minimum absolute atomic E-state index is 0.145. The summed E-state index contributed by atoms with van der Waals surface area (Å²) in [5.41, 5.74) is 0. The van der Waals surface area contributed by atoms with E-state index in [1.165, 1.54) is 0 Å². The van der Waals surface area contributed by atoms with Crippen molar-refractivity contribution in [2.24, 2.45) is 0 Å². The van der Waals surface area contributed by atoms with Gasteiger partial charge in [-0.3, -0.25) is 4.79 Å². The van der Waals surface area contributed by atoms with Gasteiger partial charge in [-0.1, -0.05) is 24.9 Å². The van der Waals surface area contributed by atoms with Crippen LogP contribution in [0.2, 0.25) is 5.02 Å². The molecule has 0 fully saturated rings. The van der Waals surface area contributed by atoms with Gasteiger partial charge in [-0.2, -0.15) is 0 Å². The van der Waals surface area contributed by atoms with Crippen LogP contribution in [-0.4, -0.2) is 12.4 Å². The minimum atomic E-state index is 0.145. The third-order valence-corrected chi connectivity index (χ3v) is 2.27. The van der Waals surface area contributed by atoms with Crippen molar-refractivity contribution in [2.75, 3.05) is 6.61 Å². The lowest BCUT2D eigenvalue weighted by atomic mass is 10.2. The predicted molar refractivity (Wildman–Crippen MR) is 61.5 cm³/mol. The van der Waals surface area contributed by atoms with E-state index in [2.05, 4.69) is 6.92 Å². The predicted octanol–water partition coefficient (Wildman–Crippen LogP) is 3.48. The van der Waals surface area contributed by atoms with Gasteiger partial charge < -0.3 is 4.74 Å². The lowest BCUT2D eigenvalue weighted by Gasteiger charge is -2.04. The minimum Gasteiger partial charge on any atom is -0.486 e. The number of Topliss-reactive ketones (excluding diaryl/α,β-unsaturated/α-hetero) is 1. The Kier molecular flexibility index (Phi) is 5.19. The van der Waals surface area contributed by atoms with Gasteiger partial charge in [-0.15, -0.1) is 0 Å². The number of hydrogen-bond donors (Lipinski definition) is 0. The quantitative estimate of drug-likeness (QED) is 0.743. The van der Waals surface area contributed by atoms with Crippen molar-refractivity contribution >= 4 is 17.4 Å². The Morgan fingerprint density at radius 3 is 2.60 bits per heavy atom. The molecule has 0 heterocycles. The maximum Gasteiger partial charge on any atom is 0.170 e. The first-order chi connectivity index (χ1) is 7.22. The van der Waals surface area contributed by atoms with Crippen LogP contribution in [0.15, 0.2) is 24.3 Å². The van der Waals surface area contributed by atoms with Crippen molar-refractivity contribution in [1.29, 1.82) is 0 Å². The number of benzene rings is 1. The van der Waals surface area contributed by atoms with E-state index in [1.54, 1.807) is 24.3 Å². The first kappa shape index (κ1) is 12.1. The zero-order valence-electron chi connectivity index (χ0n) is 8.83. The molecule has 0 spiro atoms. The van der Waals surface area contributed by atoms with Crippen molar-refractivity contribution in [2.45, 2.75) is 26.2 Å². The topological polar surface area (TPSA) is 26.3 Å². The fourth-order valence-electron chi connectivity index (χ4n) is 1.14. The number of carbonyl (C=O) groups is 1. The van der Waals surface area contributed by atoms with Gasteiger partial charge in [0.05, 0.1) is 0 Å². The van der Waals surface area contributed by atoms with Crippen LogP contribution in [0.25, 0.3) is 0 Å². The van der Waals surface area contributed by atoms with E-state index in [9.17, 15) is 4.79 Å². The molecule has 0 unspecified atom stereocenters. The van der Waals surface area contributed by atoms with Gasteiger partial charge in [0.1, 0.15) is 12.4 Å². The number of rotatable bonds is 6. The zero-order valence-corrected chi connectivity index (χ0v) is 9.59. The Bertz CT molecular complexity index is 306. The molecule has 0 N–H and O–H groups in total. The maximum atomic E-state index is 11.3. The second-order valence-electron chi connectivity index (χ2n) is 3.38. The van der Waals surface area contributed by atoms with E-state index < -0.39 is 0 Å². The molecular formula is C12H15ClO2. The van der Waals surface area contributed by atoms with Gasteiger partial charge in [-0.05, 0) is 30.7 Å². The first-order valence-electron chi connectivity index (χ1n) is 5.12. The molecule has 0 aliphatic heterocycles. The Morgan fingerprint density at radius 1 is 1.33 bits per heavy atom. The number of unbranched alkanes of at least 4 members (excludes halogenated alkanes) is 1. The molecule has 82 valence electrons. The Morgan fingerprint density at radius 2 is 2.00 bits per heavy atom. The number of ketones is 1. The van der Waals surface area contributed by atoms with Crippen LogP contribution < -0.4 is 4.74 Å². The van der Waals surface area contributed by atoms with Gasteiger partial charge in [0, 0.05) is 11.4 Å². The normalized spacial score (nSPS) is 10.0. The summed E-state index contributed by atoms with van der Waals surface area (Å²) in [7, 11) is 0. The van der Waals surface area contributed by atoms with Crippen LogP contribution in [0, 0.1) is 0 Å². The molecule has 0 aliphatic carbocycles. The highest BCUT2D eigenvalue weighted by Crippen LogP contribution is 2.15. The highest BCUT2D eigenvalue weighted by molar-refractivity contribution is 6.30. The van der Waals surface area contributed by atoms with E-state index >= 15 is 0 Å². The summed E-state index contributed by atoms with van der Waals surface area (Å²) < 4.78 is 5.31. The Balaban J connectivity index is 2.30. The second kappa shape index (κ2) is 6.46. The molecule has 0 radical (unpaired) electrons. The summed E-state index contributed by atoms with van der Waals surface area (Å²) in [5.74, 6) is 0.830. The lowest BCUT2D eigenvalue weighted by molar-refractivity contribution is -0.121. The van der Waals surface area contributed by atoms with Gasteiger partial charge >= 0.3 is 0 Å². The Hall–Kier alpha value is -1.02. The average molecular weight is 227 g/mol. The standard InChI is InChI=1S/C12H15ClO2/c1-2-3-4-11(14)9-15-12-7-5-10(13)6-8-12/h5-8H,2-4,9H2,1H3. The average Bonchev–Trinajstić information content (AvgIpc) is 2.25. The molecule has 0 bridgehead atoms. The van der Waals surface area contributed by atoms with Gasteiger partial charge in [-0.25, -0.2) is 0 Å². The number of ether oxygens (including phenoxy) is 1. The summed E-state index contributed by atoms with van der Waals surface area (Å²) in [4.78, 5) is 11.3. The van der Waals surface area contributed by atoms with Crippen molar-refractivity contribution in [3.63, 3.8) is 0 Å². The fourth-order valence-corrected chi connectivity index (χ4v) is 1.27. The summed E-state index contributed by atoms with van der Waals surface area (Å²) in [6, 6.07) is 7.01. The summed E-state index contributed by atoms with van der Waals surface area (Å²) in [6.45, 7) is 2.22. The van der Waals surface area contributed by atoms with Crippen LogP contribution in [0.1, 0.15) is 26.2 Å². The van der Waals surface area contributed by atoms with E-state index in [0.29, 0.717) is 17.2 Å². The SMILES string of the molecule is CCCCC(=O)COc1ccc(Cl)cc1. The smallest absolute Gasteiger partial charge is 0.170 e. The van der Waals surface area contributed by atoms with Gasteiger partial charge in [0.15, 0.2) is 5.78 Å². The third-order valence-electron chi connectivity index (χ3n) is 2.02. The van der Waals surface area contributed by atoms with E-state index in [1.807, 2.05) is 0 Å². The van der Waals surface area contributed by atoms with E-state index in [-0.39, 0.29) is 12.4 Å². The number of hydrogen-bond acceptors (Lipinski definition) is 2. The van der Waals surface area contributed by atoms with Crippen LogP contribution >= 0.6 is 11.6 Å². The molecule has 3 heteroatoms. The molecular weight excluding hydrogens is 212 g/mol. The molecule has 0 saturated carbocycles. The highest BCUT2D eigenvalue weighted by atomic mass is 35.5. The first-order valence-corrected chi connectivity index (χ1v) is 5.50. The summed E-state index contributed by atoms with van der Waals surface area (Å²) in [5, 5.41) is 0.666. The molecule has 0 aliphatic rings. The molecule has 0 saturated heterocycles. The monoisotopic (exact) mass is 226 g/mol. The van der Waals surface area contributed by atoms with E-state index in [4.69, 9.17) is 16.3 Å². The lowest BCUT2D eigenvalue weighted by Crippen LogP contribution is -2.10. The third kappa shape index (κ3) is 4.84. The molecule has 2 nitrogen and oxygen atoms in total. The summed E-state index contributed by atoms with van der Waals surface area (Å²) in [6.07, 6.45) is 2.57. The molecule has 1 aromatic rings. The van der Waals surface area contributed by atoms with Gasteiger partial charge in [0.25, 0.3) is 0 Å². The van der Waals surface area contributed by atoms with Crippen molar-refractivity contribution in [1.82, 2.24) is 0 Å². The number of halogens is 1. The molecule has 0 amide bonds. The van der Waals surface area contributed by atoms with Crippen molar-refractivity contribution in [3.8, 4) is 5.75 Å².